The van der Waals surface area contributed by atoms with Crippen molar-refractivity contribution < 1.29 is 9.66 Å². The largest absolute Gasteiger partial charge is 0.495 e. The molecule has 0 bridgehead atoms. The van der Waals surface area contributed by atoms with Crippen LogP contribution in [0.2, 0.25) is 5.02 Å². The van der Waals surface area contributed by atoms with Gasteiger partial charge in [0.1, 0.15) is 5.75 Å². The Morgan fingerprint density at radius 1 is 1.07 bits per heavy atom. The van der Waals surface area contributed by atoms with E-state index in [-0.39, 0.29) is 17.8 Å². The third kappa shape index (κ3) is 5.37. The van der Waals surface area contributed by atoms with E-state index in [2.05, 4.69) is 40.2 Å². The summed E-state index contributed by atoms with van der Waals surface area (Å²) in [4.78, 5) is 20.4. The van der Waals surface area contributed by atoms with Crippen molar-refractivity contribution in [2.24, 2.45) is 5.92 Å². The first-order valence-electron chi connectivity index (χ1n) is 14.7. The van der Waals surface area contributed by atoms with Crippen molar-refractivity contribution >= 4 is 46.0 Å². The number of halogens is 1. The number of anilines is 2. The first kappa shape index (κ1) is 29.9. The Balaban J connectivity index is 1.47. The molecule has 0 aliphatic carbocycles. The number of aromatic nitrogens is 2. The van der Waals surface area contributed by atoms with Crippen LogP contribution in [0.1, 0.15) is 54.5 Å². The van der Waals surface area contributed by atoms with Gasteiger partial charge in [0.25, 0.3) is 5.69 Å². The van der Waals surface area contributed by atoms with Crippen LogP contribution in [0, 0.1) is 29.9 Å². The van der Waals surface area contributed by atoms with Gasteiger partial charge in [-0.1, -0.05) is 24.6 Å². The average Bonchev–Trinajstić information content (AvgIpc) is 3.52. The lowest BCUT2D eigenvalue weighted by molar-refractivity contribution is -0.384. The first-order valence-corrected chi connectivity index (χ1v) is 15.5. The number of aryl methyl sites for hydroxylation is 1. The summed E-state index contributed by atoms with van der Waals surface area (Å²) >= 11 is 13.0. The lowest BCUT2D eigenvalue weighted by Crippen LogP contribution is -2.33. The van der Waals surface area contributed by atoms with E-state index in [1.807, 2.05) is 42.7 Å². The minimum Gasteiger partial charge on any atom is -0.495 e. The Morgan fingerprint density at radius 3 is 2.50 bits per heavy atom. The number of nitro groups is 1. The number of nitrogens with zero attached hydrogens (tertiary/aromatic N) is 5. The summed E-state index contributed by atoms with van der Waals surface area (Å²) in [6.07, 6.45) is 4.08. The summed E-state index contributed by atoms with van der Waals surface area (Å²) in [5.41, 5.74) is 6.17. The Hall–Kier alpha value is -4.15. The van der Waals surface area contributed by atoms with Crippen molar-refractivity contribution in [2.45, 2.75) is 45.7 Å². The molecular formula is C33H35ClN6O3S. The lowest BCUT2D eigenvalue weighted by Gasteiger charge is -2.33. The Kier molecular flexibility index (Phi) is 8.22. The molecular weight excluding hydrogens is 596 g/mol. The molecule has 9 nitrogen and oxygen atoms in total. The molecule has 1 N–H and O–H groups in total. The van der Waals surface area contributed by atoms with Gasteiger partial charge >= 0.3 is 0 Å². The molecule has 44 heavy (non-hydrogen) atoms. The van der Waals surface area contributed by atoms with Gasteiger partial charge in [-0.05, 0) is 92.9 Å². The Bertz CT molecular complexity index is 1720. The van der Waals surface area contributed by atoms with Gasteiger partial charge in [-0.25, -0.2) is 0 Å². The number of ether oxygens (including phenoxy) is 1. The number of thiocarbonyl (C=S) groups is 1. The SMILES string of the molecule is COc1ccc([N+](=O)[O-])cc1-n1c(C)cc([C@H]2[C@@H](c3ccccn3)NC(=S)N2c2ccc(N3CCC(C)CC3)c(Cl)c2)c1C. The van der Waals surface area contributed by atoms with Crippen LogP contribution in [0.3, 0.4) is 0 Å². The van der Waals surface area contributed by atoms with Crippen molar-refractivity contribution in [1.82, 2.24) is 14.9 Å². The van der Waals surface area contributed by atoms with Gasteiger partial charge in [-0.3, -0.25) is 15.1 Å². The second kappa shape index (κ2) is 12.1. The molecule has 0 unspecified atom stereocenters. The second-order valence-corrected chi connectivity index (χ2v) is 12.4. The van der Waals surface area contributed by atoms with Crippen LogP contribution in [0.4, 0.5) is 17.1 Å². The number of benzene rings is 2. The van der Waals surface area contributed by atoms with Gasteiger partial charge in [0.2, 0.25) is 0 Å². The molecule has 0 radical (unpaired) electrons. The second-order valence-electron chi connectivity index (χ2n) is 11.6. The molecule has 228 valence electrons. The van der Waals surface area contributed by atoms with Crippen molar-refractivity contribution in [2.75, 3.05) is 30.0 Å². The quantitative estimate of drug-likeness (QED) is 0.128. The third-order valence-corrected chi connectivity index (χ3v) is 9.45. The summed E-state index contributed by atoms with van der Waals surface area (Å²) in [5.74, 6) is 1.26. The van der Waals surface area contributed by atoms with Crippen LogP contribution in [0.25, 0.3) is 5.69 Å². The van der Waals surface area contributed by atoms with Crippen molar-refractivity contribution in [3.8, 4) is 11.4 Å². The molecule has 0 saturated carbocycles. The number of nitro benzene ring substituents is 1. The fourth-order valence-corrected chi connectivity index (χ4v) is 7.17. The zero-order chi connectivity index (χ0) is 31.1. The highest BCUT2D eigenvalue weighted by Crippen LogP contribution is 2.46. The van der Waals surface area contributed by atoms with Crippen LogP contribution in [-0.2, 0) is 0 Å². The van der Waals surface area contributed by atoms with Crippen molar-refractivity contribution in [3.63, 3.8) is 0 Å². The molecule has 2 atom stereocenters. The fraction of sp³-hybridized carbons (Fsp3) is 0.333. The van der Waals surface area contributed by atoms with Crippen LogP contribution in [-0.4, -0.2) is 39.8 Å². The number of nitrogens with one attached hydrogen (secondary N) is 1. The topological polar surface area (TPSA) is 88.7 Å². The molecule has 4 heterocycles. The minimum atomic E-state index is -0.395. The molecule has 2 aliphatic heterocycles. The van der Waals surface area contributed by atoms with Gasteiger partial charge in [0.05, 0.1) is 46.2 Å². The monoisotopic (exact) mass is 630 g/mol. The van der Waals surface area contributed by atoms with E-state index in [9.17, 15) is 10.1 Å². The van der Waals surface area contributed by atoms with Gasteiger partial charge in [-0.15, -0.1) is 0 Å². The molecule has 4 aromatic rings. The van der Waals surface area contributed by atoms with Gasteiger partial charge in [-0.2, -0.15) is 0 Å². The zero-order valence-electron chi connectivity index (χ0n) is 25.2. The summed E-state index contributed by atoms with van der Waals surface area (Å²) in [5, 5.41) is 16.5. The highest BCUT2D eigenvalue weighted by Gasteiger charge is 2.42. The van der Waals surface area contributed by atoms with Gasteiger partial charge < -0.3 is 24.4 Å². The van der Waals surface area contributed by atoms with E-state index in [4.69, 9.17) is 33.5 Å². The molecule has 11 heteroatoms. The number of pyridine rings is 1. The number of methoxy groups -OCH3 is 1. The molecule has 6 rings (SSSR count). The van der Waals surface area contributed by atoms with Gasteiger partial charge in [0.15, 0.2) is 5.11 Å². The lowest BCUT2D eigenvalue weighted by atomic mass is 9.96. The molecule has 2 aromatic carbocycles. The highest BCUT2D eigenvalue weighted by molar-refractivity contribution is 7.80. The summed E-state index contributed by atoms with van der Waals surface area (Å²) < 4.78 is 7.65. The minimum absolute atomic E-state index is 0.00977. The van der Waals surface area contributed by atoms with E-state index >= 15 is 0 Å². The highest BCUT2D eigenvalue weighted by atomic mass is 35.5. The predicted molar refractivity (Wildman–Crippen MR) is 178 cm³/mol. The van der Waals surface area contributed by atoms with Crippen LogP contribution >= 0.6 is 23.8 Å². The standard InChI is InChI=1S/C33H35ClN6O3S/c1-20-12-15-37(16-13-20)28-10-8-23(18-26(28)34)39-32(31(36-33(39)44)27-7-5-6-14-35-27)25-17-21(2)38(22(25)3)29-19-24(40(41)42)9-11-30(29)43-4/h5-11,14,17-20,31-32H,12-13,15-16H2,1-4H3,(H,36,44)/t31-,32+/m1/s1. The maximum atomic E-state index is 11.7. The predicted octanol–water partition coefficient (Wildman–Crippen LogP) is 7.47. The average molecular weight is 631 g/mol. The van der Waals surface area contributed by atoms with Crippen molar-refractivity contribution in [3.05, 3.63) is 105 Å². The smallest absolute Gasteiger partial charge is 0.271 e. The number of hydrogen-bond donors (Lipinski definition) is 1. The molecule has 2 fully saturated rings. The maximum absolute atomic E-state index is 11.7. The number of hydrogen-bond acceptors (Lipinski definition) is 6. The van der Waals surface area contributed by atoms with E-state index in [1.165, 1.54) is 6.07 Å². The van der Waals surface area contributed by atoms with Crippen LogP contribution in [0.15, 0.2) is 66.9 Å². The molecule has 0 spiro atoms. The Labute approximate surface area is 267 Å². The number of piperidine rings is 1. The van der Waals surface area contributed by atoms with E-state index in [1.54, 1.807) is 25.4 Å². The van der Waals surface area contributed by atoms with Crippen molar-refractivity contribution in [1.29, 1.82) is 0 Å². The summed E-state index contributed by atoms with van der Waals surface area (Å²) in [7, 11) is 1.57. The first-order chi connectivity index (χ1) is 21.2. The Morgan fingerprint density at radius 2 is 1.84 bits per heavy atom. The fourth-order valence-electron chi connectivity index (χ4n) is 6.53. The van der Waals surface area contributed by atoms with E-state index in [0.717, 1.165) is 65.9 Å². The number of rotatable bonds is 7. The molecule has 2 saturated heterocycles. The molecule has 2 aliphatic rings. The van der Waals surface area contributed by atoms with Crippen LogP contribution < -0.4 is 19.9 Å². The summed E-state index contributed by atoms with van der Waals surface area (Å²) in [6.45, 7) is 8.28. The number of non-ortho nitro benzene ring substituents is 1. The van der Waals surface area contributed by atoms with Crippen LogP contribution in [0.5, 0.6) is 5.75 Å². The van der Waals surface area contributed by atoms with E-state index in [0.29, 0.717) is 21.6 Å². The zero-order valence-corrected chi connectivity index (χ0v) is 26.7. The maximum Gasteiger partial charge on any atom is 0.271 e. The van der Waals surface area contributed by atoms with E-state index < -0.39 is 4.92 Å². The molecule has 2 aromatic heterocycles. The third-order valence-electron chi connectivity index (χ3n) is 8.83. The normalized spacial score (nSPS) is 18.9. The summed E-state index contributed by atoms with van der Waals surface area (Å²) in [6, 6.07) is 18.2. The molecule has 0 amide bonds. The van der Waals surface area contributed by atoms with Gasteiger partial charge in [0, 0.05) is 48.5 Å².